The third-order valence-electron chi connectivity index (χ3n) is 10.4. The van der Waals surface area contributed by atoms with E-state index in [9.17, 15) is 4.79 Å². The Morgan fingerprint density at radius 2 is 1.78 bits per heavy atom. The molecule has 1 aromatic carbocycles. The van der Waals surface area contributed by atoms with Crippen molar-refractivity contribution in [2.45, 2.75) is 96.1 Å². The second-order valence-corrected chi connectivity index (χ2v) is 13.1. The van der Waals surface area contributed by atoms with E-state index >= 15 is 0 Å². The van der Waals surface area contributed by atoms with E-state index in [4.69, 9.17) is 15.0 Å². The molecule has 3 aliphatic carbocycles. The summed E-state index contributed by atoms with van der Waals surface area (Å²) in [4.78, 5) is 27.7. The lowest BCUT2D eigenvalue weighted by Crippen LogP contribution is -2.39. The first-order valence-corrected chi connectivity index (χ1v) is 15.7. The van der Waals surface area contributed by atoms with Crippen molar-refractivity contribution in [3.63, 3.8) is 0 Å². The van der Waals surface area contributed by atoms with Crippen LogP contribution in [0.3, 0.4) is 0 Å². The lowest BCUT2D eigenvalue weighted by atomic mass is 9.63. The molecule has 2 N–H and O–H groups in total. The Morgan fingerprint density at radius 3 is 2.39 bits per heavy atom. The van der Waals surface area contributed by atoms with Crippen LogP contribution in [0.5, 0.6) is 0 Å². The summed E-state index contributed by atoms with van der Waals surface area (Å²) in [5, 5.41) is 10.6. The van der Waals surface area contributed by atoms with Crippen LogP contribution in [0.15, 0.2) is 35.1 Å². The molecule has 0 saturated heterocycles. The number of anilines is 1. The zero-order chi connectivity index (χ0) is 28.1. The van der Waals surface area contributed by atoms with Crippen molar-refractivity contribution in [1.29, 1.82) is 0 Å². The van der Waals surface area contributed by atoms with Crippen molar-refractivity contribution in [3.8, 4) is 11.6 Å². The van der Waals surface area contributed by atoms with Crippen LogP contribution in [-0.2, 0) is 19.0 Å². The van der Waals surface area contributed by atoms with E-state index in [1.54, 1.807) is 7.05 Å². The highest BCUT2D eigenvalue weighted by atomic mass is 16.1. The minimum absolute atomic E-state index is 0.125. The molecule has 3 saturated carbocycles. The third-order valence-corrected chi connectivity index (χ3v) is 10.4. The van der Waals surface area contributed by atoms with Crippen LogP contribution in [0.25, 0.3) is 22.8 Å². The SMILES string of the molecule is C[C@@H](Nc1nc(-c2n[nH]c(=O)n2C)nc2nc(C3(c4ccccc4)CCC3)n(C[C@H]3CC[C@H](C)CC3)c12)C1CCC1. The summed E-state index contributed by atoms with van der Waals surface area (Å²) in [6.45, 7) is 5.58. The van der Waals surface area contributed by atoms with Crippen LogP contribution in [0.1, 0.15) is 89.4 Å². The third kappa shape index (κ3) is 4.57. The Balaban J connectivity index is 1.43. The quantitative estimate of drug-likeness (QED) is 0.285. The minimum atomic E-state index is -0.281. The average Bonchev–Trinajstić information content (AvgIpc) is 3.44. The lowest BCUT2D eigenvalue weighted by molar-refractivity contribution is 0.242. The molecule has 9 nitrogen and oxygen atoms in total. The maximum Gasteiger partial charge on any atom is 0.343 e. The van der Waals surface area contributed by atoms with Crippen LogP contribution in [0, 0.1) is 17.8 Å². The highest BCUT2D eigenvalue weighted by molar-refractivity contribution is 5.86. The molecule has 1 atom stereocenters. The topological polar surface area (TPSA) is 106 Å². The average molecular weight is 555 g/mol. The van der Waals surface area contributed by atoms with Gasteiger partial charge < -0.3 is 9.88 Å². The van der Waals surface area contributed by atoms with Gasteiger partial charge in [0.15, 0.2) is 11.5 Å². The van der Waals surface area contributed by atoms with Gasteiger partial charge in [0, 0.05) is 19.6 Å². The molecule has 3 aromatic heterocycles. The molecule has 0 spiro atoms. The summed E-state index contributed by atoms with van der Waals surface area (Å²) >= 11 is 0. The summed E-state index contributed by atoms with van der Waals surface area (Å²) in [5.74, 6) is 4.83. The molecule has 0 amide bonds. The molecule has 4 aromatic rings. The number of nitrogens with zero attached hydrogens (tertiary/aromatic N) is 6. The van der Waals surface area contributed by atoms with E-state index in [0.717, 1.165) is 42.5 Å². The van der Waals surface area contributed by atoms with Gasteiger partial charge in [-0.1, -0.05) is 62.9 Å². The number of benzene rings is 1. The monoisotopic (exact) mass is 554 g/mol. The maximum atomic E-state index is 12.3. The van der Waals surface area contributed by atoms with Gasteiger partial charge in [0.2, 0.25) is 11.6 Å². The Morgan fingerprint density at radius 1 is 1.02 bits per heavy atom. The summed E-state index contributed by atoms with van der Waals surface area (Å²) in [6.07, 6.45) is 12.2. The van der Waals surface area contributed by atoms with Crippen LogP contribution < -0.4 is 11.0 Å². The molecule has 0 aliphatic heterocycles. The van der Waals surface area contributed by atoms with Gasteiger partial charge in [0.05, 0.1) is 5.41 Å². The first kappa shape index (κ1) is 26.4. The normalized spacial score (nSPS) is 23.2. The van der Waals surface area contributed by atoms with Crippen LogP contribution >= 0.6 is 0 Å². The van der Waals surface area contributed by atoms with Gasteiger partial charge in [-0.25, -0.2) is 24.8 Å². The van der Waals surface area contributed by atoms with Gasteiger partial charge in [-0.2, -0.15) is 0 Å². The van der Waals surface area contributed by atoms with Gasteiger partial charge in [-0.3, -0.25) is 4.57 Å². The number of aromatic amines is 1. The summed E-state index contributed by atoms with van der Waals surface area (Å²) < 4.78 is 3.96. The fourth-order valence-corrected chi connectivity index (χ4v) is 7.30. The molecule has 3 aliphatic rings. The van der Waals surface area contributed by atoms with E-state index in [1.807, 2.05) is 0 Å². The molecule has 0 bridgehead atoms. The van der Waals surface area contributed by atoms with Gasteiger partial charge in [-0.15, -0.1) is 5.10 Å². The number of hydrogen-bond acceptors (Lipinski definition) is 6. The number of H-pyrrole nitrogens is 1. The molecule has 41 heavy (non-hydrogen) atoms. The first-order valence-electron chi connectivity index (χ1n) is 15.7. The molecule has 216 valence electrons. The number of hydrogen-bond donors (Lipinski definition) is 2. The van der Waals surface area contributed by atoms with Crippen molar-refractivity contribution in [2.75, 3.05) is 5.32 Å². The minimum Gasteiger partial charge on any atom is -0.365 e. The number of aromatic nitrogens is 7. The van der Waals surface area contributed by atoms with Crippen LogP contribution in [-0.4, -0.2) is 40.3 Å². The fourth-order valence-electron chi connectivity index (χ4n) is 7.30. The second kappa shape index (κ2) is 10.4. The number of fused-ring (bicyclic) bond motifs is 1. The van der Waals surface area contributed by atoms with E-state index in [2.05, 4.69) is 64.3 Å². The Kier molecular flexibility index (Phi) is 6.70. The van der Waals surface area contributed by atoms with Gasteiger partial charge in [0.25, 0.3) is 0 Å². The predicted octanol–water partition coefficient (Wildman–Crippen LogP) is 5.81. The lowest BCUT2D eigenvalue weighted by Gasteiger charge is -2.42. The Hall–Kier alpha value is -3.49. The van der Waals surface area contributed by atoms with Crippen molar-refractivity contribution in [3.05, 3.63) is 52.2 Å². The van der Waals surface area contributed by atoms with Crippen LogP contribution in [0.2, 0.25) is 0 Å². The molecule has 3 heterocycles. The summed E-state index contributed by atoms with van der Waals surface area (Å²) in [6, 6.07) is 11.2. The van der Waals surface area contributed by atoms with E-state index < -0.39 is 0 Å². The fraction of sp³-hybridized carbons (Fsp3) is 0.594. The van der Waals surface area contributed by atoms with E-state index in [-0.39, 0.29) is 17.1 Å². The molecule has 9 heteroatoms. The standard InChI is InChI=1S/C32H42N8O/c1-20-13-15-22(16-14-20)19-40-25-26(33-21(2)23-9-7-10-23)34-28(29-37-38-31(41)39(29)3)35-27(25)36-30(40)32(17-8-18-32)24-11-5-4-6-12-24/h4-6,11-12,20-23H,7-10,13-19H2,1-3H3,(H,38,41)(H,33,34,35)/t20-,21-,22-/m1/s1. The second-order valence-electron chi connectivity index (χ2n) is 13.1. The molecule has 3 fully saturated rings. The van der Waals surface area contributed by atoms with Crippen molar-refractivity contribution in [2.24, 2.45) is 24.8 Å². The first-order chi connectivity index (χ1) is 19.9. The number of nitrogens with one attached hydrogen (secondary N) is 2. The summed E-state index contributed by atoms with van der Waals surface area (Å²) in [7, 11) is 1.70. The van der Waals surface area contributed by atoms with Crippen molar-refractivity contribution < 1.29 is 0 Å². The Labute approximate surface area is 241 Å². The molecule has 0 unspecified atom stereocenters. The molecule has 7 rings (SSSR count). The maximum absolute atomic E-state index is 12.3. The van der Waals surface area contributed by atoms with Gasteiger partial charge in [-0.05, 0) is 68.8 Å². The highest BCUT2D eigenvalue weighted by Gasteiger charge is 2.45. The van der Waals surface area contributed by atoms with Crippen molar-refractivity contribution >= 4 is 17.0 Å². The largest absolute Gasteiger partial charge is 0.365 e. The summed E-state index contributed by atoms with van der Waals surface area (Å²) in [5.41, 5.74) is 2.61. The zero-order valence-electron chi connectivity index (χ0n) is 24.6. The molecular formula is C32H42N8O. The number of rotatable bonds is 8. The Bertz CT molecular complexity index is 1590. The number of imidazole rings is 1. The smallest absolute Gasteiger partial charge is 0.343 e. The van der Waals surface area contributed by atoms with E-state index in [1.165, 1.54) is 61.5 Å². The van der Waals surface area contributed by atoms with Crippen molar-refractivity contribution in [1.82, 2.24) is 34.3 Å². The predicted molar refractivity (Wildman–Crippen MR) is 161 cm³/mol. The zero-order valence-corrected chi connectivity index (χ0v) is 24.6. The highest BCUT2D eigenvalue weighted by Crippen LogP contribution is 2.50. The molecule has 0 radical (unpaired) electrons. The van der Waals surface area contributed by atoms with Gasteiger partial charge >= 0.3 is 5.69 Å². The van der Waals surface area contributed by atoms with Crippen LogP contribution in [0.4, 0.5) is 5.82 Å². The van der Waals surface area contributed by atoms with Gasteiger partial charge in [0.1, 0.15) is 11.3 Å². The molecular weight excluding hydrogens is 512 g/mol. The van der Waals surface area contributed by atoms with E-state index in [0.29, 0.717) is 29.1 Å².